The number of hydrogen-bond donors (Lipinski definition) is 2. The van der Waals surface area contributed by atoms with Crippen LogP contribution in [-0.4, -0.2) is 57.8 Å². The molecule has 1 atom stereocenters. The van der Waals surface area contributed by atoms with E-state index in [0.29, 0.717) is 52.9 Å². The molecule has 3 N–H and O–H groups in total. The van der Waals surface area contributed by atoms with Gasteiger partial charge in [-0.25, -0.2) is 9.37 Å². The fourth-order valence-electron chi connectivity index (χ4n) is 4.42. The summed E-state index contributed by atoms with van der Waals surface area (Å²) in [5, 5.41) is 14.6. The van der Waals surface area contributed by atoms with Gasteiger partial charge in [0.2, 0.25) is 11.6 Å². The summed E-state index contributed by atoms with van der Waals surface area (Å²) in [6, 6.07) is 11.5. The van der Waals surface area contributed by atoms with Crippen molar-refractivity contribution >= 4 is 17.6 Å². The second-order valence-corrected chi connectivity index (χ2v) is 9.78. The lowest BCUT2D eigenvalue weighted by Crippen LogP contribution is -2.63. The van der Waals surface area contributed by atoms with Crippen LogP contribution in [0.25, 0.3) is 0 Å². The molecule has 4 rings (SSSR count). The second-order valence-electron chi connectivity index (χ2n) is 9.78. The average Bonchev–Trinajstić information content (AvgIpc) is 2.90. The Kier molecular flexibility index (Phi) is 7.88. The molecule has 1 unspecified atom stereocenters. The first-order valence-corrected chi connectivity index (χ1v) is 12.3. The lowest BCUT2D eigenvalue weighted by Gasteiger charge is -2.48. The first-order chi connectivity index (χ1) is 18.1. The van der Waals surface area contributed by atoms with Crippen LogP contribution in [0.4, 0.5) is 10.2 Å². The predicted molar refractivity (Wildman–Crippen MR) is 139 cm³/mol. The summed E-state index contributed by atoms with van der Waals surface area (Å²) in [6.07, 6.45) is 2.77. The number of piperazine rings is 1. The number of carbonyl (C=O) groups is 2. The molecule has 0 saturated carbocycles. The third-order valence-corrected chi connectivity index (χ3v) is 6.59. The number of anilines is 1. The van der Waals surface area contributed by atoms with E-state index in [1.165, 1.54) is 48.8 Å². The van der Waals surface area contributed by atoms with Gasteiger partial charge in [-0.15, -0.1) is 0 Å². The van der Waals surface area contributed by atoms with Gasteiger partial charge in [0.25, 0.3) is 5.91 Å². The van der Waals surface area contributed by atoms with Gasteiger partial charge in [0.1, 0.15) is 23.1 Å². The molecular formula is C27H31FN6O4. The number of carbonyl (C=O) groups excluding carboxylic acids is 2. The molecule has 10 nitrogen and oxygen atoms in total. The number of nitrogens with one attached hydrogen (secondary N) is 1. The minimum Gasteiger partial charge on any atom is -0.618 e. The van der Waals surface area contributed by atoms with Crippen LogP contribution in [0, 0.1) is 11.0 Å². The van der Waals surface area contributed by atoms with Crippen LogP contribution in [0.1, 0.15) is 36.8 Å². The quantitative estimate of drug-likeness (QED) is 0.361. The largest absolute Gasteiger partial charge is 0.618 e. The molecule has 1 fully saturated rings. The molecule has 2 aromatic heterocycles. The molecule has 2 amide bonds. The maximum absolute atomic E-state index is 13.2. The van der Waals surface area contributed by atoms with Crippen molar-refractivity contribution in [2.75, 3.05) is 25.0 Å². The Labute approximate surface area is 220 Å². The highest BCUT2D eigenvalue weighted by atomic mass is 19.1. The van der Waals surface area contributed by atoms with E-state index in [4.69, 9.17) is 10.5 Å². The summed E-state index contributed by atoms with van der Waals surface area (Å²) < 4.78 is 19.3. The number of benzene rings is 1. The fraction of sp³-hybridized carbons (Fsp3) is 0.333. The van der Waals surface area contributed by atoms with Crippen LogP contribution in [0.5, 0.6) is 11.5 Å². The molecule has 1 saturated heterocycles. The van der Waals surface area contributed by atoms with Crippen LogP contribution in [0.2, 0.25) is 0 Å². The summed E-state index contributed by atoms with van der Waals surface area (Å²) in [6.45, 7) is 7.14. The van der Waals surface area contributed by atoms with Gasteiger partial charge in [0, 0.05) is 31.8 Å². The Morgan fingerprint density at radius 2 is 1.89 bits per heavy atom. The Balaban J connectivity index is 1.35. The van der Waals surface area contributed by atoms with Gasteiger partial charge in [0.05, 0.1) is 29.9 Å². The Hall–Kier alpha value is -4.09. The standard InChI is InChI=1S/C27H31FN6O4/c1-18(25(35)31-24-9-8-23(16-30-24)38-22-6-4-20(28)5-7-22)32-12-13-33(27(2,3)17-32)26(36)19-10-11-34(37)21(14-19)15-29/h4-11,14,16,18H,12-13,15,17,29H2,1-3H3,(H,30,31,35). The predicted octanol–water partition coefficient (Wildman–Crippen LogP) is 2.67. The molecule has 200 valence electrons. The fourth-order valence-corrected chi connectivity index (χ4v) is 4.42. The number of rotatable bonds is 7. The van der Waals surface area contributed by atoms with Gasteiger partial charge < -0.3 is 25.9 Å². The molecule has 11 heteroatoms. The molecule has 0 aliphatic carbocycles. The first kappa shape index (κ1) is 27.0. The van der Waals surface area contributed by atoms with Gasteiger partial charge in [-0.3, -0.25) is 14.5 Å². The number of hydrogen-bond acceptors (Lipinski definition) is 7. The number of nitrogens with two attached hydrogens (primary N) is 1. The van der Waals surface area contributed by atoms with Crippen LogP contribution in [-0.2, 0) is 11.3 Å². The highest BCUT2D eigenvalue weighted by molar-refractivity contribution is 5.95. The highest BCUT2D eigenvalue weighted by Crippen LogP contribution is 2.26. The summed E-state index contributed by atoms with van der Waals surface area (Å²) >= 11 is 0. The molecular weight excluding hydrogens is 491 g/mol. The lowest BCUT2D eigenvalue weighted by atomic mass is 9.96. The molecule has 1 aliphatic heterocycles. The van der Waals surface area contributed by atoms with Crippen molar-refractivity contribution in [3.8, 4) is 11.5 Å². The summed E-state index contributed by atoms with van der Waals surface area (Å²) in [4.78, 5) is 34.3. The average molecular weight is 523 g/mol. The van der Waals surface area contributed by atoms with Crippen molar-refractivity contribution in [3.05, 3.63) is 83.2 Å². The maximum atomic E-state index is 13.2. The number of pyridine rings is 2. The van der Waals surface area contributed by atoms with Gasteiger partial charge in [-0.1, -0.05) is 0 Å². The van der Waals surface area contributed by atoms with Crippen molar-refractivity contribution < 1.29 is 23.4 Å². The van der Waals surface area contributed by atoms with Crippen LogP contribution >= 0.6 is 0 Å². The number of amides is 2. The number of nitrogens with zero attached hydrogens (tertiary/aromatic N) is 4. The summed E-state index contributed by atoms with van der Waals surface area (Å²) in [5.41, 5.74) is 5.78. The number of ether oxygens (including phenoxy) is 1. The van der Waals surface area contributed by atoms with E-state index in [9.17, 15) is 19.2 Å². The monoisotopic (exact) mass is 522 g/mol. The van der Waals surface area contributed by atoms with Crippen molar-refractivity contribution in [2.24, 2.45) is 5.73 Å². The van der Waals surface area contributed by atoms with E-state index in [1.54, 1.807) is 17.0 Å². The number of halogens is 1. The smallest absolute Gasteiger partial charge is 0.254 e. The third-order valence-electron chi connectivity index (χ3n) is 6.59. The lowest BCUT2D eigenvalue weighted by molar-refractivity contribution is -0.614. The van der Waals surface area contributed by atoms with Gasteiger partial charge in [-0.05, 0) is 57.2 Å². The van der Waals surface area contributed by atoms with Crippen molar-refractivity contribution in [3.63, 3.8) is 0 Å². The third kappa shape index (κ3) is 6.06. The van der Waals surface area contributed by atoms with E-state index in [2.05, 4.69) is 10.3 Å². The molecule has 38 heavy (non-hydrogen) atoms. The Bertz CT molecular complexity index is 1300. The minimum atomic E-state index is -0.562. The zero-order valence-electron chi connectivity index (χ0n) is 21.6. The molecule has 3 aromatic rings. The molecule has 3 heterocycles. The van der Waals surface area contributed by atoms with Crippen LogP contribution < -0.4 is 20.5 Å². The second kappa shape index (κ2) is 11.1. The zero-order chi connectivity index (χ0) is 27.4. The van der Waals surface area contributed by atoms with Crippen molar-refractivity contribution in [2.45, 2.75) is 38.9 Å². The molecule has 0 spiro atoms. The van der Waals surface area contributed by atoms with E-state index < -0.39 is 11.6 Å². The molecule has 0 bridgehead atoms. The normalized spacial score (nSPS) is 16.1. The van der Waals surface area contributed by atoms with E-state index in [-0.39, 0.29) is 24.2 Å². The van der Waals surface area contributed by atoms with Crippen LogP contribution in [0.15, 0.2) is 60.9 Å². The molecule has 1 aliphatic rings. The minimum absolute atomic E-state index is 0.0350. The van der Waals surface area contributed by atoms with E-state index in [1.807, 2.05) is 25.7 Å². The Morgan fingerprint density at radius 3 is 2.53 bits per heavy atom. The topological polar surface area (TPSA) is 128 Å². The maximum Gasteiger partial charge on any atom is 0.254 e. The first-order valence-electron chi connectivity index (χ1n) is 12.3. The number of aromatic nitrogens is 2. The Morgan fingerprint density at radius 1 is 1.18 bits per heavy atom. The zero-order valence-corrected chi connectivity index (χ0v) is 21.6. The van der Waals surface area contributed by atoms with E-state index in [0.717, 1.165) is 0 Å². The summed E-state index contributed by atoms with van der Waals surface area (Å²) in [5.74, 6) is 0.531. The summed E-state index contributed by atoms with van der Waals surface area (Å²) in [7, 11) is 0. The van der Waals surface area contributed by atoms with Crippen LogP contribution in [0.3, 0.4) is 0 Å². The molecule has 1 aromatic carbocycles. The van der Waals surface area contributed by atoms with E-state index >= 15 is 0 Å². The highest BCUT2D eigenvalue weighted by Gasteiger charge is 2.40. The van der Waals surface area contributed by atoms with Crippen molar-refractivity contribution in [1.29, 1.82) is 0 Å². The van der Waals surface area contributed by atoms with Gasteiger partial charge in [-0.2, -0.15) is 4.73 Å². The van der Waals surface area contributed by atoms with Gasteiger partial charge in [0.15, 0.2) is 6.20 Å². The van der Waals surface area contributed by atoms with Crippen molar-refractivity contribution in [1.82, 2.24) is 14.8 Å². The molecule has 0 radical (unpaired) electrons. The van der Waals surface area contributed by atoms with Gasteiger partial charge >= 0.3 is 0 Å². The SMILES string of the molecule is CC(C(=O)Nc1ccc(Oc2ccc(F)cc2)cn1)N1CCN(C(=O)c2cc[n+]([O-])c(CN)c2)C(C)(C)C1.